The Balaban J connectivity index is 2.47. The highest BCUT2D eigenvalue weighted by molar-refractivity contribution is 7.11. The van der Waals surface area contributed by atoms with Gasteiger partial charge in [0.1, 0.15) is 0 Å². The van der Waals surface area contributed by atoms with Gasteiger partial charge in [0.05, 0.1) is 17.6 Å². The fourth-order valence-corrected chi connectivity index (χ4v) is 2.32. The Morgan fingerprint density at radius 2 is 2.28 bits per heavy atom. The Bertz CT molecular complexity index is 433. The Morgan fingerprint density at radius 3 is 2.78 bits per heavy atom. The lowest BCUT2D eigenvalue weighted by molar-refractivity contribution is -0.137. The highest BCUT2D eigenvalue weighted by Crippen LogP contribution is 2.14. The number of aryl methyl sites for hydroxylation is 1. The standard InChI is InChI=1S/C11H17N3O3S/c1-7-13-5-8(18-7)6-14(2)11(17)9(12)3-4-10(15)16/h5,9H,3-4,6,12H2,1-2H3,(H,15,16). The molecule has 0 spiro atoms. The van der Waals surface area contributed by atoms with E-state index in [0.717, 1.165) is 9.88 Å². The van der Waals surface area contributed by atoms with Crippen molar-refractivity contribution in [3.05, 3.63) is 16.1 Å². The lowest BCUT2D eigenvalue weighted by atomic mass is 10.1. The summed E-state index contributed by atoms with van der Waals surface area (Å²) in [5.74, 6) is -1.19. The molecule has 100 valence electrons. The lowest BCUT2D eigenvalue weighted by Crippen LogP contribution is -2.41. The average molecular weight is 271 g/mol. The number of carboxylic acids is 1. The van der Waals surface area contributed by atoms with Gasteiger partial charge in [0.25, 0.3) is 0 Å². The Hall–Kier alpha value is -1.47. The summed E-state index contributed by atoms with van der Waals surface area (Å²) < 4.78 is 0. The molecule has 0 aliphatic carbocycles. The van der Waals surface area contributed by atoms with E-state index >= 15 is 0 Å². The minimum absolute atomic E-state index is 0.0968. The molecule has 1 aromatic heterocycles. The van der Waals surface area contributed by atoms with Crippen LogP contribution in [0.2, 0.25) is 0 Å². The highest BCUT2D eigenvalue weighted by atomic mass is 32.1. The zero-order valence-electron chi connectivity index (χ0n) is 10.4. The summed E-state index contributed by atoms with van der Waals surface area (Å²) in [6, 6.07) is -0.764. The van der Waals surface area contributed by atoms with Gasteiger partial charge in [-0.25, -0.2) is 4.98 Å². The molecular formula is C11H17N3O3S. The number of amides is 1. The van der Waals surface area contributed by atoms with Gasteiger partial charge in [0, 0.05) is 24.5 Å². The molecule has 1 unspecified atom stereocenters. The molecule has 1 aromatic rings. The average Bonchev–Trinajstić information content (AvgIpc) is 2.70. The molecule has 0 fully saturated rings. The van der Waals surface area contributed by atoms with Crippen LogP contribution in [0.4, 0.5) is 0 Å². The monoisotopic (exact) mass is 271 g/mol. The Labute approximate surface area is 109 Å². The third kappa shape index (κ3) is 4.42. The van der Waals surface area contributed by atoms with Crippen LogP contribution in [0.1, 0.15) is 22.7 Å². The summed E-state index contributed by atoms with van der Waals surface area (Å²) >= 11 is 1.52. The van der Waals surface area contributed by atoms with Crippen molar-refractivity contribution in [1.82, 2.24) is 9.88 Å². The van der Waals surface area contributed by atoms with E-state index in [9.17, 15) is 9.59 Å². The molecule has 6 nitrogen and oxygen atoms in total. The van der Waals surface area contributed by atoms with Crippen LogP contribution in [0.25, 0.3) is 0 Å². The molecule has 0 bridgehead atoms. The van der Waals surface area contributed by atoms with Crippen molar-refractivity contribution in [2.24, 2.45) is 5.73 Å². The second-order valence-electron chi connectivity index (χ2n) is 4.08. The maximum absolute atomic E-state index is 11.9. The van der Waals surface area contributed by atoms with Crippen molar-refractivity contribution in [3.63, 3.8) is 0 Å². The van der Waals surface area contributed by atoms with E-state index in [2.05, 4.69) is 4.98 Å². The number of rotatable bonds is 6. The number of nitrogens with two attached hydrogens (primary N) is 1. The second-order valence-corrected chi connectivity index (χ2v) is 5.40. The van der Waals surface area contributed by atoms with Crippen molar-refractivity contribution in [2.75, 3.05) is 7.05 Å². The molecule has 7 heteroatoms. The topological polar surface area (TPSA) is 96.5 Å². The smallest absolute Gasteiger partial charge is 0.303 e. The molecule has 0 aliphatic rings. The van der Waals surface area contributed by atoms with E-state index < -0.39 is 12.0 Å². The van der Waals surface area contributed by atoms with Crippen molar-refractivity contribution < 1.29 is 14.7 Å². The van der Waals surface area contributed by atoms with Crippen LogP contribution >= 0.6 is 11.3 Å². The van der Waals surface area contributed by atoms with Crippen LogP contribution in [-0.2, 0) is 16.1 Å². The van der Waals surface area contributed by atoms with Gasteiger partial charge in [-0.05, 0) is 13.3 Å². The fraction of sp³-hybridized carbons (Fsp3) is 0.545. The number of carboxylic acid groups (broad SMARTS) is 1. The van der Waals surface area contributed by atoms with Crippen molar-refractivity contribution >= 4 is 23.2 Å². The Kier molecular flexibility index (Phi) is 5.24. The second kappa shape index (κ2) is 6.46. The van der Waals surface area contributed by atoms with Crippen molar-refractivity contribution in [2.45, 2.75) is 32.4 Å². The summed E-state index contributed by atoms with van der Waals surface area (Å²) in [5, 5.41) is 9.48. The number of carbonyl (C=O) groups excluding carboxylic acids is 1. The van der Waals surface area contributed by atoms with Crippen LogP contribution in [0.15, 0.2) is 6.20 Å². The van der Waals surface area contributed by atoms with Crippen molar-refractivity contribution in [3.8, 4) is 0 Å². The SMILES string of the molecule is Cc1ncc(CN(C)C(=O)C(N)CCC(=O)O)s1. The van der Waals surface area contributed by atoms with Gasteiger partial charge >= 0.3 is 5.97 Å². The summed E-state index contributed by atoms with van der Waals surface area (Å²) in [4.78, 5) is 28.8. The third-order valence-corrected chi connectivity index (χ3v) is 3.32. The van der Waals surface area contributed by atoms with Crippen molar-refractivity contribution in [1.29, 1.82) is 0 Å². The lowest BCUT2D eigenvalue weighted by Gasteiger charge is -2.20. The summed E-state index contributed by atoms with van der Waals surface area (Å²) in [5.41, 5.74) is 5.66. The number of aromatic nitrogens is 1. The number of hydrogen-bond donors (Lipinski definition) is 2. The molecule has 0 saturated carbocycles. The zero-order valence-corrected chi connectivity index (χ0v) is 11.2. The minimum Gasteiger partial charge on any atom is -0.481 e. The van der Waals surface area contributed by atoms with Gasteiger partial charge in [-0.2, -0.15) is 0 Å². The normalized spacial score (nSPS) is 12.2. The molecule has 18 heavy (non-hydrogen) atoms. The molecule has 1 amide bonds. The Morgan fingerprint density at radius 1 is 1.61 bits per heavy atom. The van der Waals surface area contributed by atoms with Gasteiger partial charge in [-0.3, -0.25) is 9.59 Å². The first-order valence-corrected chi connectivity index (χ1v) is 6.35. The number of aliphatic carboxylic acids is 1. The van der Waals surface area contributed by atoms with Gasteiger partial charge in [-0.15, -0.1) is 11.3 Å². The molecule has 0 radical (unpaired) electrons. The van der Waals surface area contributed by atoms with Crippen LogP contribution in [0, 0.1) is 6.92 Å². The first-order valence-electron chi connectivity index (χ1n) is 5.53. The number of carbonyl (C=O) groups is 2. The first kappa shape index (κ1) is 14.6. The van der Waals surface area contributed by atoms with E-state index in [-0.39, 0.29) is 18.7 Å². The minimum atomic E-state index is -0.945. The maximum Gasteiger partial charge on any atom is 0.303 e. The van der Waals surface area contributed by atoms with Gasteiger partial charge in [0.15, 0.2) is 0 Å². The molecule has 0 aliphatic heterocycles. The molecule has 1 rings (SSSR count). The van der Waals surface area contributed by atoms with Crippen LogP contribution in [-0.4, -0.2) is 40.0 Å². The number of thiazole rings is 1. The summed E-state index contributed by atoms with van der Waals surface area (Å²) in [6.45, 7) is 2.35. The molecule has 1 atom stereocenters. The summed E-state index contributed by atoms with van der Waals surface area (Å²) in [7, 11) is 1.65. The van der Waals surface area contributed by atoms with Crippen LogP contribution in [0.3, 0.4) is 0 Å². The van der Waals surface area contributed by atoms with Gasteiger partial charge in [0.2, 0.25) is 5.91 Å². The maximum atomic E-state index is 11.9. The predicted octanol–water partition coefficient (Wildman–Crippen LogP) is 0.602. The largest absolute Gasteiger partial charge is 0.481 e. The predicted molar refractivity (Wildman–Crippen MR) is 68.2 cm³/mol. The van der Waals surface area contributed by atoms with Crippen LogP contribution in [0.5, 0.6) is 0 Å². The third-order valence-electron chi connectivity index (χ3n) is 2.42. The van der Waals surface area contributed by atoms with E-state index in [1.54, 1.807) is 13.2 Å². The quantitative estimate of drug-likeness (QED) is 0.790. The van der Waals surface area contributed by atoms with Crippen LogP contribution < -0.4 is 5.73 Å². The van der Waals surface area contributed by atoms with E-state index in [4.69, 9.17) is 10.8 Å². The zero-order chi connectivity index (χ0) is 13.7. The van der Waals surface area contributed by atoms with E-state index in [1.807, 2.05) is 6.92 Å². The molecular weight excluding hydrogens is 254 g/mol. The number of nitrogens with zero attached hydrogens (tertiary/aromatic N) is 2. The first-order chi connectivity index (χ1) is 8.40. The number of hydrogen-bond acceptors (Lipinski definition) is 5. The molecule has 3 N–H and O–H groups in total. The van der Waals surface area contributed by atoms with Gasteiger partial charge < -0.3 is 15.7 Å². The summed E-state index contributed by atoms with van der Waals surface area (Å²) in [6.07, 6.45) is 1.78. The highest BCUT2D eigenvalue weighted by Gasteiger charge is 2.19. The fourth-order valence-electron chi connectivity index (χ4n) is 1.48. The number of likely N-dealkylation sites (N-methyl/N-ethyl adjacent to an activating group) is 1. The molecule has 0 aromatic carbocycles. The van der Waals surface area contributed by atoms with Gasteiger partial charge in [-0.1, -0.05) is 0 Å². The molecule has 1 heterocycles. The van der Waals surface area contributed by atoms with E-state index in [1.165, 1.54) is 16.2 Å². The van der Waals surface area contributed by atoms with E-state index in [0.29, 0.717) is 6.54 Å². The molecule has 0 saturated heterocycles.